The molecule has 4 N–H and O–H groups in total. The topological polar surface area (TPSA) is 89.8 Å². The third-order valence-electron chi connectivity index (χ3n) is 9.95. The van der Waals surface area contributed by atoms with Crippen LogP contribution in [0.25, 0.3) is 0 Å². The van der Waals surface area contributed by atoms with Crippen molar-refractivity contribution in [1.82, 2.24) is 5.32 Å². The summed E-state index contributed by atoms with van der Waals surface area (Å²) in [4.78, 5) is 12.4. The molecule has 0 rings (SSSR count). The van der Waals surface area contributed by atoms with Crippen LogP contribution in [0.15, 0.2) is 36.5 Å². The monoisotopic (exact) mass is 704 g/mol. The third-order valence-corrected chi connectivity index (χ3v) is 9.95. The molecule has 1 amide bonds. The number of hydrogen-bond donors (Lipinski definition) is 4. The lowest BCUT2D eigenvalue weighted by Crippen LogP contribution is -2.48. The lowest BCUT2D eigenvalue weighted by Gasteiger charge is -2.21. The van der Waals surface area contributed by atoms with E-state index in [1.54, 1.807) is 6.08 Å². The standard InChI is InChI=1S/C45H85NO4/c1-3-5-7-9-11-13-15-17-19-21-22-24-25-27-29-31-33-35-37-39-43(48)42(41-47)46-45(50)44(49)40-38-36-34-32-30-28-26-23-20-18-16-14-12-10-8-6-4-2/h26,28-29,31,37,39,42-44,47-49H,3-25,27,30,32-36,38,40-41H2,1-2H3,(H,46,50)/b28-26-,31-29+,39-37+. The van der Waals surface area contributed by atoms with Crippen molar-refractivity contribution in [2.75, 3.05) is 6.61 Å². The van der Waals surface area contributed by atoms with E-state index in [0.29, 0.717) is 6.42 Å². The van der Waals surface area contributed by atoms with Crippen molar-refractivity contribution in [2.45, 2.75) is 238 Å². The van der Waals surface area contributed by atoms with E-state index < -0.39 is 24.2 Å². The first-order valence-corrected chi connectivity index (χ1v) is 21.8. The number of unbranched alkanes of at least 4 members (excludes halogenated alkanes) is 27. The summed E-state index contributed by atoms with van der Waals surface area (Å²) in [6.07, 6.45) is 50.3. The molecule has 0 aliphatic heterocycles. The third kappa shape index (κ3) is 35.0. The quantitative estimate of drug-likeness (QED) is 0.0379. The van der Waals surface area contributed by atoms with Gasteiger partial charge in [0.05, 0.1) is 18.8 Å². The highest BCUT2D eigenvalue weighted by atomic mass is 16.3. The lowest BCUT2D eigenvalue weighted by atomic mass is 10.0. The molecular weight excluding hydrogens is 618 g/mol. The van der Waals surface area contributed by atoms with Gasteiger partial charge in [0, 0.05) is 0 Å². The molecule has 0 aromatic heterocycles. The first kappa shape index (κ1) is 48.6. The predicted octanol–water partition coefficient (Wildman–Crippen LogP) is 12.4. The summed E-state index contributed by atoms with van der Waals surface area (Å²) in [6.45, 7) is 4.17. The second-order valence-corrected chi connectivity index (χ2v) is 14.9. The van der Waals surface area contributed by atoms with Crippen LogP contribution in [-0.4, -0.2) is 46.1 Å². The van der Waals surface area contributed by atoms with Crippen molar-refractivity contribution in [1.29, 1.82) is 0 Å². The van der Waals surface area contributed by atoms with Gasteiger partial charge in [-0.1, -0.05) is 198 Å². The zero-order valence-corrected chi connectivity index (χ0v) is 33.3. The number of amides is 1. The van der Waals surface area contributed by atoms with Gasteiger partial charge in [-0.05, 0) is 57.8 Å². The van der Waals surface area contributed by atoms with E-state index in [2.05, 4.69) is 43.5 Å². The molecule has 3 atom stereocenters. The fourth-order valence-electron chi connectivity index (χ4n) is 6.49. The average Bonchev–Trinajstić information content (AvgIpc) is 3.12. The van der Waals surface area contributed by atoms with Crippen LogP contribution in [0, 0.1) is 0 Å². The minimum absolute atomic E-state index is 0.379. The Kier molecular flexibility index (Phi) is 39.2. The highest BCUT2D eigenvalue weighted by Crippen LogP contribution is 2.14. The maximum Gasteiger partial charge on any atom is 0.249 e. The number of allylic oxidation sites excluding steroid dienone is 5. The normalized spacial score (nSPS) is 13.9. The van der Waals surface area contributed by atoms with Gasteiger partial charge in [0.1, 0.15) is 6.10 Å². The molecule has 3 unspecified atom stereocenters. The van der Waals surface area contributed by atoms with E-state index in [1.807, 2.05) is 6.08 Å². The van der Waals surface area contributed by atoms with Crippen molar-refractivity contribution >= 4 is 5.91 Å². The summed E-state index contributed by atoms with van der Waals surface area (Å²) in [5.74, 6) is -0.521. The zero-order valence-electron chi connectivity index (χ0n) is 33.3. The van der Waals surface area contributed by atoms with Crippen LogP contribution in [0.2, 0.25) is 0 Å². The van der Waals surface area contributed by atoms with Gasteiger partial charge in [-0.25, -0.2) is 0 Å². The summed E-state index contributed by atoms with van der Waals surface area (Å²) < 4.78 is 0. The Morgan fingerprint density at radius 2 is 0.820 bits per heavy atom. The summed E-state index contributed by atoms with van der Waals surface area (Å²) in [5.41, 5.74) is 0. The van der Waals surface area contributed by atoms with Crippen LogP contribution < -0.4 is 5.32 Å². The summed E-state index contributed by atoms with van der Waals surface area (Å²) in [7, 11) is 0. The Bertz CT molecular complexity index is 779. The maximum absolute atomic E-state index is 12.4. The molecule has 0 aromatic rings. The van der Waals surface area contributed by atoms with Crippen molar-refractivity contribution in [2.24, 2.45) is 0 Å². The predicted molar refractivity (Wildman–Crippen MR) is 218 cm³/mol. The second kappa shape index (κ2) is 40.3. The molecule has 0 spiro atoms. The van der Waals surface area contributed by atoms with Gasteiger partial charge < -0.3 is 20.6 Å². The molecular formula is C45H85NO4. The number of aliphatic hydroxyl groups excluding tert-OH is 3. The molecule has 0 saturated carbocycles. The van der Waals surface area contributed by atoms with E-state index >= 15 is 0 Å². The van der Waals surface area contributed by atoms with Gasteiger partial charge in [-0.15, -0.1) is 0 Å². The first-order valence-electron chi connectivity index (χ1n) is 21.8. The van der Waals surface area contributed by atoms with Crippen molar-refractivity contribution in [3.05, 3.63) is 36.5 Å². The molecule has 5 heteroatoms. The fourth-order valence-corrected chi connectivity index (χ4v) is 6.49. The number of carbonyl (C=O) groups excluding carboxylic acids is 1. The van der Waals surface area contributed by atoms with Crippen LogP contribution in [-0.2, 0) is 4.79 Å². The van der Waals surface area contributed by atoms with Gasteiger partial charge in [0.15, 0.2) is 0 Å². The molecule has 0 aliphatic carbocycles. The van der Waals surface area contributed by atoms with Gasteiger partial charge in [-0.2, -0.15) is 0 Å². The highest BCUT2D eigenvalue weighted by Gasteiger charge is 2.22. The van der Waals surface area contributed by atoms with Crippen LogP contribution in [0.1, 0.15) is 219 Å². The molecule has 0 heterocycles. The molecule has 0 aliphatic rings. The lowest BCUT2D eigenvalue weighted by molar-refractivity contribution is -0.131. The molecule has 0 aromatic carbocycles. The van der Waals surface area contributed by atoms with E-state index in [4.69, 9.17) is 0 Å². The fraction of sp³-hybridized carbons (Fsp3) is 0.844. The average molecular weight is 704 g/mol. The Morgan fingerprint density at radius 3 is 1.22 bits per heavy atom. The second-order valence-electron chi connectivity index (χ2n) is 14.9. The Hall–Kier alpha value is -1.43. The largest absolute Gasteiger partial charge is 0.394 e. The smallest absolute Gasteiger partial charge is 0.249 e. The highest BCUT2D eigenvalue weighted by molar-refractivity contribution is 5.80. The number of aliphatic hydroxyl groups is 3. The first-order chi connectivity index (χ1) is 24.6. The summed E-state index contributed by atoms with van der Waals surface area (Å²) in [5, 5.41) is 33.1. The molecule has 5 nitrogen and oxygen atoms in total. The van der Waals surface area contributed by atoms with E-state index in [0.717, 1.165) is 51.4 Å². The molecule has 50 heavy (non-hydrogen) atoms. The number of hydrogen-bond acceptors (Lipinski definition) is 4. The Balaban J connectivity index is 3.74. The number of rotatable bonds is 39. The molecule has 0 fully saturated rings. The van der Waals surface area contributed by atoms with Gasteiger partial charge in [-0.3, -0.25) is 4.79 Å². The van der Waals surface area contributed by atoms with Crippen LogP contribution in [0.3, 0.4) is 0 Å². The maximum atomic E-state index is 12.4. The summed E-state index contributed by atoms with van der Waals surface area (Å²) in [6, 6.07) is -0.818. The Labute approximate surface area is 311 Å². The molecule has 0 saturated heterocycles. The van der Waals surface area contributed by atoms with E-state index in [1.165, 1.54) is 148 Å². The van der Waals surface area contributed by atoms with Crippen molar-refractivity contribution in [3.63, 3.8) is 0 Å². The van der Waals surface area contributed by atoms with Gasteiger partial charge in [0.2, 0.25) is 5.91 Å². The SMILES string of the molecule is CCCCCCCCCCC/C=C\CCCCCCC(O)C(=O)NC(CO)C(O)/C=C/CC/C=C/CCCCCCCCCCCCCCC. The van der Waals surface area contributed by atoms with Gasteiger partial charge in [0.25, 0.3) is 0 Å². The minimum Gasteiger partial charge on any atom is -0.394 e. The minimum atomic E-state index is -1.11. The summed E-state index contributed by atoms with van der Waals surface area (Å²) >= 11 is 0. The molecule has 294 valence electrons. The van der Waals surface area contributed by atoms with E-state index in [9.17, 15) is 20.1 Å². The number of nitrogens with one attached hydrogen (secondary N) is 1. The number of carbonyl (C=O) groups is 1. The van der Waals surface area contributed by atoms with Crippen molar-refractivity contribution in [3.8, 4) is 0 Å². The Morgan fingerprint density at radius 1 is 0.480 bits per heavy atom. The van der Waals surface area contributed by atoms with Crippen LogP contribution >= 0.6 is 0 Å². The van der Waals surface area contributed by atoms with Crippen LogP contribution in [0.4, 0.5) is 0 Å². The zero-order chi connectivity index (χ0) is 36.6. The van der Waals surface area contributed by atoms with Crippen molar-refractivity contribution < 1.29 is 20.1 Å². The van der Waals surface area contributed by atoms with E-state index in [-0.39, 0.29) is 6.61 Å². The van der Waals surface area contributed by atoms with Gasteiger partial charge >= 0.3 is 0 Å². The molecule has 0 radical (unpaired) electrons. The van der Waals surface area contributed by atoms with Crippen LogP contribution in [0.5, 0.6) is 0 Å². The molecule has 0 bridgehead atoms.